The summed E-state index contributed by atoms with van der Waals surface area (Å²) in [6, 6.07) is 7.97. The van der Waals surface area contributed by atoms with Crippen LogP contribution in [0.1, 0.15) is 102 Å². The van der Waals surface area contributed by atoms with Crippen molar-refractivity contribution in [3.63, 3.8) is 0 Å². The maximum atomic E-state index is 12.9. The Labute approximate surface area is 201 Å². The Morgan fingerprint density at radius 1 is 0.848 bits per heavy atom. The van der Waals surface area contributed by atoms with E-state index in [0.29, 0.717) is 0 Å². The van der Waals surface area contributed by atoms with Gasteiger partial charge in [0.2, 0.25) is 0 Å². The van der Waals surface area contributed by atoms with Crippen molar-refractivity contribution in [2.45, 2.75) is 104 Å². The summed E-state index contributed by atoms with van der Waals surface area (Å²) in [4.78, 5) is 12.9. The van der Waals surface area contributed by atoms with Gasteiger partial charge in [-0.3, -0.25) is 4.79 Å². The number of ether oxygens (including phenoxy) is 1. The minimum atomic E-state index is -0.647. The van der Waals surface area contributed by atoms with Crippen LogP contribution in [0.25, 0.3) is 0 Å². The van der Waals surface area contributed by atoms with Crippen molar-refractivity contribution in [3.05, 3.63) is 82.0 Å². The van der Waals surface area contributed by atoms with Crippen LogP contribution in [0.5, 0.6) is 0 Å². The molecule has 2 heteroatoms. The molecular weight excluding hydrogens is 404 g/mol. The van der Waals surface area contributed by atoms with E-state index in [1.807, 2.05) is 25.1 Å². The molecule has 33 heavy (non-hydrogen) atoms. The topological polar surface area (TPSA) is 29.6 Å². The maximum Gasteiger partial charge on any atom is 0.197 e. The van der Waals surface area contributed by atoms with Crippen molar-refractivity contribution < 1.29 is 9.53 Å². The Bertz CT molecular complexity index is 986. The number of hydrogen-bond donors (Lipinski definition) is 0. The van der Waals surface area contributed by atoms with Gasteiger partial charge in [0.1, 0.15) is 5.60 Å². The number of ketones is 1. The molecule has 0 saturated carbocycles. The molecule has 0 spiro atoms. The smallest absolute Gasteiger partial charge is 0.197 e. The predicted octanol–water partition coefficient (Wildman–Crippen LogP) is 8.49. The fraction of sp³-hybridized carbons (Fsp3) is 0.516. The van der Waals surface area contributed by atoms with Crippen LogP contribution in [-0.4, -0.2) is 17.0 Å². The van der Waals surface area contributed by atoms with Crippen LogP contribution in [-0.2, 0) is 11.2 Å². The zero-order chi connectivity index (χ0) is 24.1. The highest BCUT2D eigenvalue weighted by molar-refractivity contribution is 6.07. The van der Waals surface area contributed by atoms with Crippen LogP contribution < -0.4 is 0 Å². The summed E-state index contributed by atoms with van der Waals surface area (Å²) >= 11 is 0. The molecule has 0 amide bonds. The van der Waals surface area contributed by atoms with Crippen LogP contribution in [0.4, 0.5) is 0 Å². The van der Waals surface area contributed by atoms with Crippen molar-refractivity contribution in [3.8, 4) is 0 Å². The zero-order valence-corrected chi connectivity index (χ0v) is 21.6. The van der Waals surface area contributed by atoms with Gasteiger partial charge in [0.05, 0.1) is 0 Å². The molecule has 0 aromatic heterocycles. The lowest BCUT2D eigenvalue weighted by atomic mass is 9.74. The minimum absolute atomic E-state index is 0.148. The third-order valence-electron chi connectivity index (χ3n) is 7.33. The molecule has 0 radical (unpaired) electrons. The molecule has 1 saturated heterocycles. The van der Waals surface area contributed by atoms with E-state index in [2.05, 4.69) is 65.0 Å². The van der Waals surface area contributed by atoms with Gasteiger partial charge in [0.25, 0.3) is 0 Å². The standard InChI is InChI=1S/C31H42O2/c1-23(2)12-9-13-24(3)14-10-15-25(4)16-11-17-26(5)20-21-31-22-27-18-7-8-19-28(27)29(32)30(31,6)33-31/h7-8,12,14,16,18-20H,9-11,13,15,17,21-22H2,1-6H3/b24-14+,25-16+,26-20+. The van der Waals surface area contributed by atoms with Crippen molar-refractivity contribution in [2.24, 2.45) is 0 Å². The summed E-state index contributed by atoms with van der Waals surface area (Å²) in [5, 5.41) is 0. The molecule has 1 heterocycles. The van der Waals surface area contributed by atoms with Gasteiger partial charge >= 0.3 is 0 Å². The van der Waals surface area contributed by atoms with E-state index in [1.165, 1.54) is 28.7 Å². The monoisotopic (exact) mass is 446 g/mol. The number of fused-ring (bicyclic) bond motifs is 2. The minimum Gasteiger partial charge on any atom is -0.353 e. The average molecular weight is 447 g/mol. The molecule has 2 atom stereocenters. The number of allylic oxidation sites excluding steroid dienone is 7. The largest absolute Gasteiger partial charge is 0.353 e. The molecule has 0 bridgehead atoms. The molecule has 1 aliphatic carbocycles. The number of Topliss-reactive ketones (excluding diaryl/α,β-unsaturated/α-hetero) is 1. The highest BCUT2D eigenvalue weighted by atomic mass is 16.6. The molecule has 178 valence electrons. The number of epoxide rings is 1. The summed E-state index contributed by atoms with van der Waals surface area (Å²) in [5.74, 6) is 0.148. The maximum absolute atomic E-state index is 12.9. The van der Waals surface area contributed by atoms with Crippen LogP contribution in [0.15, 0.2) is 70.9 Å². The first-order chi connectivity index (χ1) is 15.7. The van der Waals surface area contributed by atoms with Gasteiger partial charge in [-0.05, 0) is 92.1 Å². The van der Waals surface area contributed by atoms with Gasteiger partial charge in [-0.2, -0.15) is 0 Å². The number of hydrogen-bond acceptors (Lipinski definition) is 2. The Morgan fingerprint density at radius 2 is 1.39 bits per heavy atom. The van der Waals surface area contributed by atoms with Gasteiger partial charge in [0, 0.05) is 12.0 Å². The fourth-order valence-corrected chi connectivity index (χ4v) is 4.92. The Balaban J connectivity index is 1.43. The lowest BCUT2D eigenvalue weighted by molar-refractivity contribution is 0.0886. The van der Waals surface area contributed by atoms with Crippen LogP contribution >= 0.6 is 0 Å². The third kappa shape index (κ3) is 6.23. The number of benzene rings is 1. The molecule has 1 aromatic carbocycles. The highest BCUT2D eigenvalue weighted by Gasteiger charge is 2.72. The zero-order valence-electron chi connectivity index (χ0n) is 21.6. The van der Waals surface area contributed by atoms with Gasteiger partial charge in [-0.25, -0.2) is 0 Å². The van der Waals surface area contributed by atoms with Gasteiger partial charge in [-0.1, -0.05) is 70.9 Å². The predicted molar refractivity (Wildman–Crippen MR) is 140 cm³/mol. The summed E-state index contributed by atoms with van der Waals surface area (Å²) in [6.07, 6.45) is 17.8. The van der Waals surface area contributed by atoms with E-state index in [1.54, 1.807) is 0 Å². The Kier molecular flexibility index (Phi) is 8.34. The SMILES string of the molecule is CC(C)=CCC/C(C)=C/CC/C(C)=C/CC/C(C)=C/CC12Cc3ccccc3C(=O)C1(C)O2. The van der Waals surface area contributed by atoms with Gasteiger partial charge in [0.15, 0.2) is 11.4 Å². The fourth-order valence-electron chi connectivity index (χ4n) is 4.92. The first-order valence-electron chi connectivity index (χ1n) is 12.6. The van der Waals surface area contributed by atoms with Crippen molar-refractivity contribution in [2.75, 3.05) is 0 Å². The summed E-state index contributed by atoms with van der Waals surface area (Å²) in [6.45, 7) is 13.0. The van der Waals surface area contributed by atoms with Crippen molar-refractivity contribution in [1.29, 1.82) is 0 Å². The molecular formula is C31H42O2. The Hall–Kier alpha value is -2.19. The van der Waals surface area contributed by atoms with Gasteiger partial charge in [-0.15, -0.1) is 0 Å². The van der Waals surface area contributed by atoms with E-state index in [9.17, 15) is 4.79 Å². The normalized spacial score (nSPS) is 24.9. The van der Waals surface area contributed by atoms with Crippen molar-refractivity contribution in [1.82, 2.24) is 0 Å². The first-order valence-corrected chi connectivity index (χ1v) is 12.6. The molecule has 3 rings (SSSR count). The van der Waals surface area contributed by atoms with E-state index >= 15 is 0 Å². The molecule has 2 unspecified atom stereocenters. The van der Waals surface area contributed by atoms with E-state index in [4.69, 9.17) is 4.74 Å². The summed E-state index contributed by atoms with van der Waals surface area (Å²) < 4.78 is 6.13. The quantitative estimate of drug-likeness (QED) is 0.252. The second-order valence-corrected chi connectivity index (χ2v) is 10.5. The second kappa shape index (κ2) is 10.8. The highest BCUT2D eigenvalue weighted by Crippen LogP contribution is 2.57. The molecule has 0 N–H and O–H groups in total. The molecule has 1 fully saturated rings. The summed E-state index contributed by atoms with van der Waals surface area (Å²) in [5.41, 5.74) is 6.73. The van der Waals surface area contributed by atoms with Gasteiger partial charge < -0.3 is 4.74 Å². The molecule has 2 aliphatic rings. The van der Waals surface area contributed by atoms with E-state index in [-0.39, 0.29) is 11.4 Å². The van der Waals surface area contributed by atoms with Crippen LogP contribution in [0.3, 0.4) is 0 Å². The molecule has 1 aromatic rings. The lowest BCUT2D eigenvalue weighted by Gasteiger charge is -2.23. The van der Waals surface area contributed by atoms with Crippen LogP contribution in [0, 0.1) is 0 Å². The van der Waals surface area contributed by atoms with E-state index in [0.717, 1.165) is 56.1 Å². The van der Waals surface area contributed by atoms with Crippen molar-refractivity contribution >= 4 is 5.78 Å². The van der Waals surface area contributed by atoms with E-state index < -0.39 is 5.60 Å². The Morgan fingerprint density at radius 3 is 2.00 bits per heavy atom. The molecule has 1 aliphatic heterocycles. The average Bonchev–Trinajstić information content (AvgIpc) is 3.38. The molecule has 2 nitrogen and oxygen atoms in total. The number of carbonyl (C=O) groups excluding carboxylic acids is 1. The third-order valence-corrected chi connectivity index (χ3v) is 7.33. The first kappa shape index (κ1) is 25.4. The van der Waals surface area contributed by atoms with Crippen LogP contribution in [0.2, 0.25) is 0 Å². The lowest BCUT2D eigenvalue weighted by Crippen LogP contribution is -2.38. The number of carbonyl (C=O) groups is 1. The number of rotatable bonds is 11. The summed E-state index contributed by atoms with van der Waals surface area (Å²) in [7, 11) is 0. The second-order valence-electron chi connectivity index (χ2n) is 10.5.